The van der Waals surface area contributed by atoms with Crippen LogP contribution in [0, 0.1) is 0 Å². The molecule has 2 aromatic carbocycles. The standard InChI is InChI=1S/C29H40N2O5/c1-5-30(6-2)15-9-17-34-28(32)22-11-13-26-24(19-22)21-25-20-23(12-14-27(25)36-26)29(33)35-18-10-16-31(7-3)8-4/h11-14,19-20H,5-10,15-18,21H2,1-4H3. The van der Waals surface area contributed by atoms with E-state index in [9.17, 15) is 9.59 Å². The molecule has 0 N–H and O–H groups in total. The van der Waals surface area contributed by atoms with Gasteiger partial charge in [0.15, 0.2) is 0 Å². The Bertz CT molecular complexity index is 935. The van der Waals surface area contributed by atoms with Crippen LogP contribution in [0.4, 0.5) is 0 Å². The molecule has 0 fully saturated rings. The topological polar surface area (TPSA) is 68.3 Å². The Morgan fingerprint density at radius 3 is 1.53 bits per heavy atom. The summed E-state index contributed by atoms with van der Waals surface area (Å²) in [6.45, 7) is 15.1. The van der Waals surface area contributed by atoms with Crippen LogP contribution >= 0.6 is 0 Å². The van der Waals surface area contributed by atoms with Gasteiger partial charge in [0.2, 0.25) is 0 Å². The van der Waals surface area contributed by atoms with Crippen LogP contribution in [0.15, 0.2) is 36.4 Å². The van der Waals surface area contributed by atoms with Gasteiger partial charge in [-0.25, -0.2) is 9.59 Å². The summed E-state index contributed by atoms with van der Waals surface area (Å²) in [7, 11) is 0. The van der Waals surface area contributed by atoms with Gasteiger partial charge in [-0.15, -0.1) is 0 Å². The Kier molecular flexibility index (Phi) is 10.8. The highest BCUT2D eigenvalue weighted by atomic mass is 16.5. The number of nitrogens with zero attached hydrogens (tertiary/aromatic N) is 2. The van der Waals surface area contributed by atoms with Crippen molar-refractivity contribution >= 4 is 11.9 Å². The van der Waals surface area contributed by atoms with Gasteiger partial charge in [0.25, 0.3) is 0 Å². The van der Waals surface area contributed by atoms with Crippen LogP contribution in [0.5, 0.6) is 11.5 Å². The number of hydrogen-bond acceptors (Lipinski definition) is 7. The van der Waals surface area contributed by atoms with Crippen molar-refractivity contribution in [3.05, 3.63) is 58.7 Å². The van der Waals surface area contributed by atoms with E-state index in [4.69, 9.17) is 14.2 Å². The first-order valence-electron chi connectivity index (χ1n) is 13.2. The van der Waals surface area contributed by atoms with Gasteiger partial charge in [-0.05, 0) is 75.4 Å². The number of hydrogen-bond donors (Lipinski definition) is 0. The lowest BCUT2D eigenvalue weighted by molar-refractivity contribution is 0.0480. The third-order valence-corrected chi connectivity index (χ3v) is 6.69. The first-order chi connectivity index (χ1) is 17.5. The average molecular weight is 497 g/mol. The van der Waals surface area contributed by atoms with Crippen LogP contribution in [-0.4, -0.2) is 74.2 Å². The van der Waals surface area contributed by atoms with Crippen LogP contribution in [-0.2, 0) is 15.9 Å². The summed E-state index contributed by atoms with van der Waals surface area (Å²) in [4.78, 5) is 29.7. The van der Waals surface area contributed by atoms with Crippen LogP contribution < -0.4 is 4.74 Å². The van der Waals surface area contributed by atoms with E-state index in [0.717, 1.165) is 63.2 Å². The Labute approximate surface area is 215 Å². The zero-order valence-electron chi connectivity index (χ0n) is 22.2. The molecular weight excluding hydrogens is 456 g/mol. The van der Waals surface area contributed by atoms with Gasteiger partial charge < -0.3 is 24.0 Å². The van der Waals surface area contributed by atoms with Crippen LogP contribution in [0.2, 0.25) is 0 Å². The monoisotopic (exact) mass is 496 g/mol. The van der Waals surface area contributed by atoms with Crippen LogP contribution in [0.3, 0.4) is 0 Å². The van der Waals surface area contributed by atoms with Crippen LogP contribution in [0.1, 0.15) is 72.4 Å². The maximum absolute atomic E-state index is 12.6. The third kappa shape index (κ3) is 7.55. The molecule has 1 aliphatic rings. The fourth-order valence-corrected chi connectivity index (χ4v) is 4.36. The molecule has 0 aliphatic carbocycles. The van der Waals surface area contributed by atoms with Crippen molar-refractivity contribution in [2.75, 3.05) is 52.5 Å². The van der Waals surface area contributed by atoms with E-state index in [1.807, 2.05) is 24.3 Å². The van der Waals surface area contributed by atoms with Gasteiger partial charge in [0.05, 0.1) is 24.3 Å². The van der Waals surface area contributed by atoms with Crippen molar-refractivity contribution in [1.29, 1.82) is 0 Å². The minimum absolute atomic E-state index is 0.329. The molecule has 0 atom stereocenters. The molecule has 36 heavy (non-hydrogen) atoms. The SMILES string of the molecule is CCN(CC)CCCOC(=O)c1ccc2c(c1)Cc1cc(C(=O)OCCCN(CC)CC)ccc1O2. The molecule has 7 nitrogen and oxygen atoms in total. The van der Waals surface area contributed by atoms with E-state index in [1.165, 1.54) is 0 Å². The molecule has 3 rings (SSSR count). The average Bonchev–Trinajstić information content (AvgIpc) is 2.91. The fraction of sp³-hybridized carbons (Fsp3) is 0.517. The van der Waals surface area contributed by atoms with Crippen molar-refractivity contribution in [2.24, 2.45) is 0 Å². The molecule has 7 heteroatoms. The Morgan fingerprint density at radius 1 is 0.722 bits per heavy atom. The summed E-state index contributed by atoms with van der Waals surface area (Å²) < 4.78 is 17.0. The number of carbonyl (C=O) groups excluding carboxylic acids is 2. The summed E-state index contributed by atoms with van der Waals surface area (Å²) in [5.74, 6) is 0.773. The second kappa shape index (κ2) is 14.0. The van der Waals surface area contributed by atoms with Gasteiger partial charge in [-0.3, -0.25) is 0 Å². The van der Waals surface area contributed by atoms with Crippen molar-refractivity contribution in [2.45, 2.75) is 47.0 Å². The Hall–Kier alpha value is -2.90. The van der Waals surface area contributed by atoms with E-state index < -0.39 is 0 Å². The summed E-state index contributed by atoms with van der Waals surface area (Å²) in [6.07, 6.45) is 2.18. The van der Waals surface area contributed by atoms with Gasteiger partial charge in [0.1, 0.15) is 11.5 Å². The molecule has 0 radical (unpaired) electrons. The van der Waals surface area contributed by atoms with Crippen molar-refractivity contribution in [3.8, 4) is 11.5 Å². The lowest BCUT2D eigenvalue weighted by atomic mass is 9.97. The highest BCUT2D eigenvalue weighted by Gasteiger charge is 2.21. The van der Waals surface area contributed by atoms with E-state index in [2.05, 4.69) is 37.5 Å². The minimum atomic E-state index is -0.329. The number of fused-ring (bicyclic) bond motifs is 2. The normalized spacial score (nSPS) is 12.2. The van der Waals surface area contributed by atoms with E-state index in [-0.39, 0.29) is 11.9 Å². The number of ether oxygens (including phenoxy) is 3. The maximum atomic E-state index is 12.6. The highest BCUT2D eigenvalue weighted by molar-refractivity contribution is 5.91. The zero-order valence-corrected chi connectivity index (χ0v) is 22.2. The number of esters is 2. The fourth-order valence-electron chi connectivity index (χ4n) is 4.36. The molecule has 0 saturated heterocycles. The predicted molar refractivity (Wildman–Crippen MR) is 141 cm³/mol. The smallest absolute Gasteiger partial charge is 0.338 e. The summed E-state index contributed by atoms with van der Waals surface area (Å²) >= 11 is 0. The second-order valence-electron chi connectivity index (χ2n) is 8.96. The van der Waals surface area contributed by atoms with Gasteiger partial charge in [-0.1, -0.05) is 27.7 Å². The molecule has 196 valence electrons. The van der Waals surface area contributed by atoms with E-state index >= 15 is 0 Å². The van der Waals surface area contributed by atoms with Crippen LogP contribution in [0.25, 0.3) is 0 Å². The lowest BCUT2D eigenvalue weighted by Gasteiger charge is -2.21. The van der Waals surface area contributed by atoms with Crippen molar-refractivity contribution in [1.82, 2.24) is 9.80 Å². The largest absolute Gasteiger partial charge is 0.462 e. The second-order valence-corrected chi connectivity index (χ2v) is 8.96. The number of carbonyl (C=O) groups is 2. The summed E-state index contributed by atoms with van der Waals surface area (Å²) in [5, 5.41) is 0. The summed E-state index contributed by atoms with van der Waals surface area (Å²) in [5.41, 5.74) is 2.80. The minimum Gasteiger partial charge on any atom is -0.462 e. The Morgan fingerprint density at radius 2 is 1.14 bits per heavy atom. The lowest BCUT2D eigenvalue weighted by Crippen LogP contribution is -2.25. The van der Waals surface area contributed by atoms with Gasteiger partial charge in [-0.2, -0.15) is 0 Å². The van der Waals surface area contributed by atoms with Gasteiger partial charge in [0, 0.05) is 30.6 Å². The molecule has 0 saturated carbocycles. The molecule has 2 aromatic rings. The first kappa shape index (κ1) is 27.7. The van der Waals surface area contributed by atoms with Crippen molar-refractivity contribution < 1.29 is 23.8 Å². The molecule has 0 aromatic heterocycles. The summed E-state index contributed by atoms with van der Waals surface area (Å²) in [6, 6.07) is 10.7. The quantitative estimate of drug-likeness (QED) is 0.226. The number of rotatable bonds is 14. The zero-order chi connectivity index (χ0) is 25.9. The first-order valence-corrected chi connectivity index (χ1v) is 13.2. The molecule has 0 amide bonds. The van der Waals surface area contributed by atoms with E-state index in [0.29, 0.717) is 42.3 Å². The van der Waals surface area contributed by atoms with E-state index in [1.54, 1.807) is 12.1 Å². The van der Waals surface area contributed by atoms with Gasteiger partial charge >= 0.3 is 11.9 Å². The van der Waals surface area contributed by atoms with Crippen molar-refractivity contribution in [3.63, 3.8) is 0 Å². The molecule has 0 bridgehead atoms. The Balaban J connectivity index is 1.56. The molecule has 0 unspecified atom stereocenters. The highest BCUT2D eigenvalue weighted by Crippen LogP contribution is 2.37. The number of benzene rings is 2. The molecule has 1 aliphatic heterocycles. The maximum Gasteiger partial charge on any atom is 0.338 e. The molecule has 1 heterocycles. The molecule has 0 spiro atoms. The molecular formula is C29H40N2O5. The third-order valence-electron chi connectivity index (χ3n) is 6.69. The predicted octanol–water partition coefficient (Wildman–Crippen LogP) is 5.16.